The summed E-state index contributed by atoms with van der Waals surface area (Å²) < 4.78 is 4.99. The van der Waals surface area contributed by atoms with Crippen LogP contribution in [0.25, 0.3) is 0 Å². The number of ether oxygens (including phenoxy) is 1. The summed E-state index contributed by atoms with van der Waals surface area (Å²) in [4.78, 5) is 2.12. The van der Waals surface area contributed by atoms with Gasteiger partial charge in [-0.05, 0) is 26.0 Å². The van der Waals surface area contributed by atoms with Crippen molar-refractivity contribution in [3.8, 4) is 0 Å². The normalized spacial score (nSPS) is 16.1. The Balaban J connectivity index is 2.89. The van der Waals surface area contributed by atoms with Crippen LogP contribution < -0.4 is 5.73 Å². The van der Waals surface area contributed by atoms with Gasteiger partial charge >= 0.3 is 0 Å². The predicted molar refractivity (Wildman–Crippen MR) is 82.7 cm³/mol. The fraction of sp³-hybridized carbons (Fsp3) is 0.625. The highest BCUT2D eigenvalue weighted by atomic mass is 16.5. The maximum Gasteiger partial charge on any atom is 0.0900 e. The lowest BCUT2D eigenvalue weighted by atomic mass is 9.95. The Bertz CT molecular complexity index is 398. The molecule has 1 aromatic carbocycles. The van der Waals surface area contributed by atoms with E-state index in [1.165, 1.54) is 11.1 Å². The van der Waals surface area contributed by atoms with E-state index in [2.05, 4.69) is 43.0 Å². The van der Waals surface area contributed by atoms with Gasteiger partial charge in [-0.2, -0.15) is 0 Å². The van der Waals surface area contributed by atoms with Crippen molar-refractivity contribution in [2.24, 2.45) is 5.73 Å². The van der Waals surface area contributed by atoms with Crippen LogP contribution >= 0.6 is 0 Å². The number of hydrogen-bond donors (Lipinski definition) is 2. The fourth-order valence-electron chi connectivity index (χ4n) is 2.60. The minimum Gasteiger partial charge on any atom is -0.389 e. The van der Waals surface area contributed by atoms with Gasteiger partial charge in [-0.15, -0.1) is 0 Å². The number of likely N-dealkylation sites (N-methyl/N-ethyl adjacent to an activating group) is 1. The first-order valence-corrected chi connectivity index (χ1v) is 7.19. The maximum absolute atomic E-state index is 9.92. The summed E-state index contributed by atoms with van der Waals surface area (Å²) in [5.74, 6) is 0. The number of aliphatic hydroxyl groups is 1. The second kappa shape index (κ2) is 8.37. The molecule has 3 atom stereocenters. The first-order valence-electron chi connectivity index (χ1n) is 7.19. The summed E-state index contributed by atoms with van der Waals surface area (Å²) in [7, 11) is 3.60. The second-order valence-electron chi connectivity index (χ2n) is 5.48. The van der Waals surface area contributed by atoms with E-state index >= 15 is 0 Å². The zero-order valence-electron chi connectivity index (χ0n) is 13.0. The minimum atomic E-state index is -0.499. The van der Waals surface area contributed by atoms with Crippen LogP contribution in [0.15, 0.2) is 24.3 Å². The molecule has 114 valence electrons. The van der Waals surface area contributed by atoms with Crippen molar-refractivity contribution in [1.82, 2.24) is 4.90 Å². The zero-order valence-corrected chi connectivity index (χ0v) is 13.0. The van der Waals surface area contributed by atoms with Crippen molar-refractivity contribution < 1.29 is 9.84 Å². The Labute approximate surface area is 122 Å². The molecule has 0 saturated heterocycles. The third kappa shape index (κ3) is 4.87. The molecule has 0 aromatic heterocycles. The van der Waals surface area contributed by atoms with E-state index in [-0.39, 0.29) is 12.1 Å². The Morgan fingerprint density at radius 3 is 2.65 bits per heavy atom. The molecule has 0 radical (unpaired) electrons. The minimum absolute atomic E-state index is 0.0385. The first kappa shape index (κ1) is 17.1. The van der Waals surface area contributed by atoms with Gasteiger partial charge in [-0.1, -0.05) is 36.8 Å². The van der Waals surface area contributed by atoms with Crippen molar-refractivity contribution in [2.75, 3.05) is 27.3 Å². The van der Waals surface area contributed by atoms with Crippen LogP contribution in [-0.2, 0) is 4.74 Å². The predicted octanol–water partition coefficient (Wildman–Crippen LogP) is 1.71. The van der Waals surface area contributed by atoms with Crippen molar-refractivity contribution in [1.29, 1.82) is 0 Å². The number of nitrogens with two attached hydrogens (primary N) is 1. The van der Waals surface area contributed by atoms with E-state index in [1.807, 2.05) is 7.05 Å². The lowest BCUT2D eigenvalue weighted by Gasteiger charge is -2.34. The molecular formula is C16H28N2O2. The number of rotatable bonds is 8. The Morgan fingerprint density at radius 1 is 1.40 bits per heavy atom. The zero-order chi connectivity index (χ0) is 15.1. The Hall–Kier alpha value is -0.940. The molecule has 0 amide bonds. The van der Waals surface area contributed by atoms with Crippen molar-refractivity contribution in [3.63, 3.8) is 0 Å². The SMILES string of the molecule is CCC(N)C(c1cccc(C)c1)N(C)CC(O)COC. The van der Waals surface area contributed by atoms with Gasteiger partial charge in [0.15, 0.2) is 0 Å². The number of nitrogens with zero attached hydrogens (tertiary/aromatic N) is 1. The first-order chi connectivity index (χ1) is 9.49. The van der Waals surface area contributed by atoms with Crippen LogP contribution in [0.4, 0.5) is 0 Å². The van der Waals surface area contributed by atoms with E-state index in [0.717, 1.165) is 6.42 Å². The van der Waals surface area contributed by atoms with Crippen LogP contribution in [0.5, 0.6) is 0 Å². The average Bonchev–Trinajstić information content (AvgIpc) is 2.39. The lowest BCUT2D eigenvalue weighted by molar-refractivity contribution is 0.0309. The summed E-state index contributed by atoms with van der Waals surface area (Å²) in [6.07, 6.45) is 0.393. The highest BCUT2D eigenvalue weighted by Crippen LogP contribution is 2.24. The van der Waals surface area contributed by atoms with E-state index < -0.39 is 6.10 Å². The molecule has 0 aliphatic rings. The number of benzene rings is 1. The van der Waals surface area contributed by atoms with Gasteiger partial charge in [-0.25, -0.2) is 0 Å². The molecule has 1 rings (SSSR count). The van der Waals surface area contributed by atoms with E-state index in [1.54, 1.807) is 7.11 Å². The van der Waals surface area contributed by atoms with Crippen LogP contribution in [0.3, 0.4) is 0 Å². The van der Waals surface area contributed by atoms with Gasteiger partial charge in [0.05, 0.1) is 12.7 Å². The molecule has 0 aliphatic carbocycles. The molecule has 0 bridgehead atoms. The van der Waals surface area contributed by atoms with Gasteiger partial charge in [0, 0.05) is 25.7 Å². The quantitative estimate of drug-likeness (QED) is 0.761. The second-order valence-corrected chi connectivity index (χ2v) is 5.48. The Kier molecular flexibility index (Phi) is 7.16. The van der Waals surface area contributed by atoms with Gasteiger partial charge in [0.1, 0.15) is 0 Å². The van der Waals surface area contributed by atoms with Crippen LogP contribution in [-0.4, -0.2) is 49.5 Å². The molecule has 20 heavy (non-hydrogen) atoms. The van der Waals surface area contributed by atoms with Gasteiger partial charge < -0.3 is 15.6 Å². The van der Waals surface area contributed by atoms with Crippen molar-refractivity contribution >= 4 is 0 Å². The fourth-order valence-corrected chi connectivity index (χ4v) is 2.60. The maximum atomic E-state index is 9.92. The summed E-state index contributed by atoms with van der Waals surface area (Å²) in [5, 5.41) is 9.92. The number of hydrogen-bond acceptors (Lipinski definition) is 4. The molecule has 0 heterocycles. The van der Waals surface area contributed by atoms with Gasteiger partial charge in [0.25, 0.3) is 0 Å². The summed E-state index contributed by atoms with van der Waals surface area (Å²) in [6, 6.07) is 8.55. The van der Waals surface area contributed by atoms with E-state index in [9.17, 15) is 5.11 Å². The average molecular weight is 280 g/mol. The van der Waals surface area contributed by atoms with Crippen molar-refractivity contribution in [2.45, 2.75) is 38.5 Å². The van der Waals surface area contributed by atoms with Gasteiger partial charge in [0.2, 0.25) is 0 Å². The van der Waals surface area contributed by atoms with Crippen molar-refractivity contribution in [3.05, 3.63) is 35.4 Å². The lowest BCUT2D eigenvalue weighted by Crippen LogP contribution is -2.42. The molecule has 4 heteroatoms. The summed E-state index contributed by atoms with van der Waals surface area (Å²) in [6.45, 7) is 5.05. The molecular weight excluding hydrogens is 252 g/mol. The number of methoxy groups -OCH3 is 1. The third-order valence-electron chi connectivity index (χ3n) is 3.59. The topological polar surface area (TPSA) is 58.7 Å². The molecule has 4 nitrogen and oxygen atoms in total. The van der Waals surface area contributed by atoms with Crippen LogP contribution in [0.2, 0.25) is 0 Å². The van der Waals surface area contributed by atoms with Gasteiger partial charge in [-0.3, -0.25) is 4.90 Å². The number of aliphatic hydroxyl groups excluding tert-OH is 1. The highest BCUT2D eigenvalue weighted by Gasteiger charge is 2.24. The monoisotopic (exact) mass is 280 g/mol. The standard InChI is InChI=1S/C16H28N2O2/c1-5-15(17)16(13-8-6-7-12(2)9-13)18(3)10-14(19)11-20-4/h6-9,14-16,19H,5,10-11,17H2,1-4H3. The van der Waals surface area contributed by atoms with E-state index in [0.29, 0.717) is 13.2 Å². The number of aryl methyl sites for hydroxylation is 1. The molecule has 0 aliphatic heterocycles. The molecule has 0 fully saturated rings. The molecule has 1 aromatic rings. The van der Waals surface area contributed by atoms with Crippen LogP contribution in [0.1, 0.15) is 30.5 Å². The smallest absolute Gasteiger partial charge is 0.0900 e. The van der Waals surface area contributed by atoms with Crippen LogP contribution in [0, 0.1) is 6.92 Å². The molecule has 0 saturated carbocycles. The summed E-state index contributed by atoms with van der Waals surface area (Å²) in [5.41, 5.74) is 8.72. The molecule has 0 spiro atoms. The third-order valence-corrected chi connectivity index (χ3v) is 3.59. The summed E-state index contributed by atoms with van der Waals surface area (Å²) >= 11 is 0. The van der Waals surface area contributed by atoms with E-state index in [4.69, 9.17) is 10.5 Å². The molecule has 3 N–H and O–H groups in total. The largest absolute Gasteiger partial charge is 0.389 e. The molecule has 3 unspecified atom stereocenters. The highest BCUT2D eigenvalue weighted by molar-refractivity contribution is 5.26. The Morgan fingerprint density at radius 2 is 2.10 bits per heavy atom.